The molecule has 26 heavy (non-hydrogen) atoms. The van der Waals surface area contributed by atoms with Crippen LogP contribution in [0.2, 0.25) is 0 Å². The molecule has 0 N–H and O–H groups in total. The summed E-state index contributed by atoms with van der Waals surface area (Å²) in [5.41, 5.74) is 2.67. The van der Waals surface area contributed by atoms with Gasteiger partial charge in [-0.3, -0.25) is 4.79 Å². The Labute approximate surface area is 151 Å². The van der Waals surface area contributed by atoms with Crippen LogP contribution in [0.15, 0.2) is 59.1 Å². The third-order valence-electron chi connectivity index (χ3n) is 4.64. The second kappa shape index (κ2) is 6.63. The Morgan fingerprint density at radius 1 is 1.19 bits per heavy atom. The molecule has 0 radical (unpaired) electrons. The number of hydrogen-bond acceptors (Lipinski definition) is 4. The maximum Gasteiger partial charge on any atom is 0.259 e. The van der Waals surface area contributed by atoms with Crippen LogP contribution in [0.1, 0.15) is 34.5 Å². The van der Waals surface area contributed by atoms with Gasteiger partial charge in [0.2, 0.25) is 5.69 Å². The number of benzene rings is 2. The van der Waals surface area contributed by atoms with E-state index >= 15 is 0 Å². The Bertz CT molecular complexity index is 932. The van der Waals surface area contributed by atoms with E-state index in [2.05, 4.69) is 5.27 Å². The van der Waals surface area contributed by atoms with Crippen molar-refractivity contribution in [2.24, 2.45) is 0 Å². The lowest BCUT2D eigenvalue weighted by Gasteiger charge is -2.21. The smallest absolute Gasteiger partial charge is 0.259 e. The SMILES string of the molecule is Cc1ccccc1C(=O)N(Cc1c([O-])on[n+]1-c1ccccc1)C1CC1. The summed E-state index contributed by atoms with van der Waals surface area (Å²) in [6, 6.07) is 17.0. The van der Waals surface area contributed by atoms with Gasteiger partial charge < -0.3 is 14.5 Å². The lowest BCUT2D eigenvalue weighted by molar-refractivity contribution is -0.678. The molecule has 6 nitrogen and oxygen atoms in total. The maximum atomic E-state index is 13.1. The van der Waals surface area contributed by atoms with Crippen LogP contribution in [0.4, 0.5) is 0 Å². The second-order valence-corrected chi connectivity index (χ2v) is 6.53. The molecule has 1 saturated carbocycles. The summed E-state index contributed by atoms with van der Waals surface area (Å²) in [5.74, 6) is -0.581. The van der Waals surface area contributed by atoms with Crippen molar-refractivity contribution in [2.75, 3.05) is 0 Å². The Morgan fingerprint density at radius 3 is 2.58 bits per heavy atom. The topological polar surface area (TPSA) is 73.3 Å². The van der Waals surface area contributed by atoms with Crippen molar-refractivity contribution in [1.82, 2.24) is 10.2 Å². The minimum absolute atomic E-state index is 0.0641. The first-order valence-corrected chi connectivity index (χ1v) is 8.65. The summed E-state index contributed by atoms with van der Waals surface area (Å²) in [7, 11) is 0. The van der Waals surface area contributed by atoms with Gasteiger partial charge >= 0.3 is 0 Å². The van der Waals surface area contributed by atoms with E-state index in [-0.39, 0.29) is 18.5 Å². The molecule has 1 heterocycles. The lowest BCUT2D eigenvalue weighted by Crippen LogP contribution is -2.42. The summed E-state index contributed by atoms with van der Waals surface area (Å²) in [6.07, 6.45) is 1.89. The molecule has 2 aromatic carbocycles. The molecule has 1 aromatic heterocycles. The number of aryl methyl sites for hydroxylation is 1. The number of rotatable bonds is 5. The van der Waals surface area contributed by atoms with Crippen molar-refractivity contribution in [2.45, 2.75) is 32.4 Å². The fourth-order valence-electron chi connectivity index (χ4n) is 3.05. The highest BCUT2D eigenvalue weighted by Gasteiger charge is 2.36. The number of aromatic nitrogens is 2. The van der Waals surface area contributed by atoms with Gasteiger partial charge in [-0.2, -0.15) is 0 Å². The van der Waals surface area contributed by atoms with Gasteiger partial charge in [-0.15, -0.1) is 0 Å². The van der Waals surface area contributed by atoms with Crippen LogP contribution < -0.4 is 9.79 Å². The highest BCUT2D eigenvalue weighted by Crippen LogP contribution is 2.31. The summed E-state index contributed by atoms with van der Waals surface area (Å²) >= 11 is 0. The Kier molecular flexibility index (Phi) is 4.16. The minimum atomic E-state index is -0.517. The van der Waals surface area contributed by atoms with E-state index in [4.69, 9.17) is 4.52 Å². The molecule has 0 unspecified atom stereocenters. The van der Waals surface area contributed by atoms with Crippen LogP contribution in [-0.2, 0) is 6.54 Å². The summed E-state index contributed by atoms with van der Waals surface area (Å²) in [6.45, 7) is 2.09. The highest BCUT2D eigenvalue weighted by atomic mass is 16.6. The average Bonchev–Trinajstić information content (AvgIpc) is 3.44. The van der Waals surface area contributed by atoms with Gasteiger partial charge in [0.15, 0.2) is 5.95 Å². The van der Waals surface area contributed by atoms with Gasteiger partial charge in [0.05, 0.1) is 5.27 Å². The number of carbonyl (C=O) groups is 1. The maximum absolute atomic E-state index is 13.1. The van der Waals surface area contributed by atoms with Crippen LogP contribution >= 0.6 is 0 Å². The molecule has 0 spiro atoms. The molecule has 0 saturated heterocycles. The molecule has 4 rings (SSSR count). The molecule has 1 aliphatic carbocycles. The summed E-state index contributed by atoms with van der Waals surface area (Å²) < 4.78 is 6.35. The number of nitrogens with zero attached hydrogens (tertiary/aromatic N) is 3. The van der Waals surface area contributed by atoms with Crippen LogP contribution in [0.5, 0.6) is 5.95 Å². The highest BCUT2D eigenvalue weighted by molar-refractivity contribution is 5.96. The first-order valence-electron chi connectivity index (χ1n) is 8.65. The van der Waals surface area contributed by atoms with E-state index in [0.717, 1.165) is 24.1 Å². The zero-order chi connectivity index (χ0) is 18.1. The van der Waals surface area contributed by atoms with E-state index in [1.54, 1.807) is 4.90 Å². The van der Waals surface area contributed by atoms with Gasteiger partial charge in [-0.05, 0) is 36.1 Å². The van der Waals surface area contributed by atoms with Crippen LogP contribution in [0.3, 0.4) is 0 Å². The normalized spacial score (nSPS) is 13.6. The van der Waals surface area contributed by atoms with Crippen molar-refractivity contribution < 1.29 is 19.1 Å². The van der Waals surface area contributed by atoms with Crippen molar-refractivity contribution in [3.05, 3.63) is 71.4 Å². The molecule has 1 fully saturated rings. The standard InChI is InChI=1S/C20H19N3O3/c1-14-7-5-6-10-17(14)19(24)22(15-11-12-15)13-18-20(25)26-21-23(18)16-8-3-2-4-9-16/h2-10,15H,11-13H2,1H3. The molecule has 1 amide bonds. The van der Waals surface area contributed by atoms with Crippen LogP contribution in [-0.4, -0.2) is 22.1 Å². The quantitative estimate of drug-likeness (QED) is 0.662. The number of carbonyl (C=O) groups excluding carboxylic acids is 1. The molecule has 6 heteroatoms. The molecular weight excluding hydrogens is 330 g/mol. The van der Waals surface area contributed by atoms with Gasteiger partial charge in [-0.1, -0.05) is 36.4 Å². The minimum Gasteiger partial charge on any atom is -0.539 e. The van der Waals surface area contributed by atoms with Crippen molar-refractivity contribution >= 4 is 5.91 Å². The molecule has 3 aromatic rings. The molecule has 0 aliphatic heterocycles. The van der Waals surface area contributed by atoms with E-state index in [1.165, 1.54) is 4.68 Å². The molecule has 0 bridgehead atoms. The molecule has 1 aliphatic rings. The Hall–Kier alpha value is -3.15. The monoisotopic (exact) mass is 349 g/mol. The van der Waals surface area contributed by atoms with Crippen molar-refractivity contribution in [1.29, 1.82) is 0 Å². The number of hydrogen-bond donors (Lipinski definition) is 0. The largest absolute Gasteiger partial charge is 0.539 e. The van der Waals surface area contributed by atoms with Crippen LogP contribution in [0, 0.1) is 6.92 Å². The lowest BCUT2D eigenvalue weighted by atomic mass is 10.1. The predicted octanol–water partition coefficient (Wildman–Crippen LogP) is 2.14. The van der Waals surface area contributed by atoms with Crippen molar-refractivity contribution in [3.63, 3.8) is 0 Å². The molecular formula is C20H19N3O3. The fourth-order valence-corrected chi connectivity index (χ4v) is 3.05. The van der Waals surface area contributed by atoms with Gasteiger partial charge in [0, 0.05) is 23.7 Å². The fraction of sp³-hybridized carbons (Fsp3) is 0.250. The summed E-state index contributed by atoms with van der Waals surface area (Å²) in [5, 5.41) is 16.1. The van der Waals surface area contributed by atoms with E-state index in [1.807, 2.05) is 61.5 Å². The first-order chi connectivity index (χ1) is 12.6. The van der Waals surface area contributed by atoms with E-state index in [9.17, 15) is 9.90 Å². The third kappa shape index (κ3) is 3.06. The average molecular weight is 349 g/mol. The second-order valence-electron chi connectivity index (χ2n) is 6.53. The number of amides is 1. The Balaban J connectivity index is 1.68. The van der Waals surface area contributed by atoms with Gasteiger partial charge in [0.1, 0.15) is 6.54 Å². The van der Waals surface area contributed by atoms with Gasteiger partial charge in [0.25, 0.3) is 11.6 Å². The van der Waals surface area contributed by atoms with E-state index in [0.29, 0.717) is 11.3 Å². The van der Waals surface area contributed by atoms with Gasteiger partial charge in [-0.25, -0.2) is 0 Å². The summed E-state index contributed by atoms with van der Waals surface area (Å²) in [4.78, 5) is 14.9. The number of para-hydroxylation sites is 1. The Morgan fingerprint density at radius 2 is 1.88 bits per heavy atom. The zero-order valence-corrected chi connectivity index (χ0v) is 14.5. The first kappa shape index (κ1) is 16.3. The van der Waals surface area contributed by atoms with Crippen LogP contribution in [0.25, 0.3) is 5.69 Å². The molecule has 132 valence electrons. The predicted molar refractivity (Wildman–Crippen MR) is 91.6 cm³/mol. The zero-order valence-electron chi connectivity index (χ0n) is 14.5. The van der Waals surface area contributed by atoms with Crippen molar-refractivity contribution in [3.8, 4) is 11.6 Å². The third-order valence-corrected chi connectivity index (χ3v) is 4.64. The molecule has 0 atom stereocenters. The van der Waals surface area contributed by atoms with E-state index < -0.39 is 5.95 Å².